The monoisotopic (exact) mass is 269 g/mol. The van der Waals surface area contributed by atoms with Crippen LogP contribution in [0, 0.1) is 11.8 Å². The van der Waals surface area contributed by atoms with Gasteiger partial charge in [-0.1, -0.05) is 26.7 Å². The van der Waals surface area contributed by atoms with Gasteiger partial charge < -0.3 is 9.84 Å². The number of carboxylic acids is 1. The fraction of sp³-hybridized carbons (Fsp3) is 0.933. The van der Waals surface area contributed by atoms with Crippen molar-refractivity contribution in [2.75, 3.05) is 19.7 Å². The summed E-state index contributed by atoms with van der Waals surface area (Å²) in [6, 6.07) is 0.683. The molecule has 0 aromatic heterocycles. The van der Waals surface area contributed by atoms with Gasteiger partial charge in [0.25, 0.3) is 0 Å². The van der Waals surface area contributed by atoms with Crippen LogP contribution >= 0.6 is 0 Å². The van der Waals surface area contributed by atoms with Crippen LogP contribution in [0.4, 0.5) is 0 Å². The topological polar surface area (TPSA) is 49.8 Å². The van der Waals surface area contributed by atoms with Gasteiger partial charge in [0.15, 0.2) is 0 Å². The molecule has 0 amide bonds. The Hall–Kier alpha value is -0.610. The Morgan fingerprint density at radius 2 is 2.11 bits per heavy atom. The van der Waals surface area contributed by atoms with Crippen LogP contribution in [-0.2, 0) is 9.53 Å². The molecule has 2 unspecified atom stereocenters. The maximum atomic E-state index is 10.5. The second-order valence-corrected chi connectivity index (χ2v) is 6.86. The quantitative estimate of drug-likeness (QED) is 0.832. The molecular weight excluding hydrogens is 242 g/mol. The minimum atomic E-state index is -0.878. The molecule has 0 bridgehead atoms. The van der Waals surface area contributed by atoms with Gasteiger partial charge in [0.1, 0.15) is 6.61 Å². The number of likely N-dealkylation sites (tertiary alicyclic amines) is 1. The highest BCUT2D eigenvalue weighted by molar-refractivity contribution is 5.68. The van der Waals surface area contributed by atoms with E-state index >= 15 is 0 Å². The molecule has 19 heavy (non-hydrogen) atoms. The smallest absolute Gasteiger partial charge is 0.329 e. The Balaban J connectivity index is 1.78. The van der Waals surface area contributed by atoms with E-state index in [9.17, 15) is 4.79 Å². The molecule has 0 aromatic carbocycles. The first-order valence-corrected chi connectivity index (χ1v) is 7.49. The molecule has 0 radical (unpaired) electrons. The third kappa shape index (κ3) is 3.69. The number of carboxylic acid groups (broad SMARTS) is 1. The van der Waals surface area contributed by atoms with Gasteiger partial charge in [-0.05, 0) is 31.6 Å². The van der Waals surface area contributed by atoms with Crippen molar-refractivity contribution in [3.63, 3.8) is 0 Å². The normalized spacial score (nSPS) is 31.2. The summed E-state index contributed by atoms with van der Waals surface area (Å²) >= 11 is 0. The Morgan fingerprint density at radius 1 is 1.42 bits per heavy atom. The van der Waals surface area contributed by atoms with E-state index in [0.717, 1.165) is 24.9 Å². The van der Waals surface area contributed by atoms with Crippen LogP contribution in [0.5, 0.6) is 0 Å². The first-order chi connectivity index (χ1) is 8.89. The van der Waals surface area contributed by atoms with Crippen molar-refractivity contribution in [2.24, 2.45) is 11.8 Å². The predicted molar refractivity (Wildman–Crippen MR) is 74.1 cm³/mol. The van der Waals surface area contributed by atoms with Gasteiger partial charge in [0.05, 0.1) is 5.60 Å². The number of hydrogen-bond acceptors (Lipinski definition) is 3. The standard InChI is InChI=1S/C15H27NO3/c1-11(2)12-5-4-6-13(7-12)16-9-15(3,10-16)19-8-14(17)18/h11-13H,4-10H2,1-3H3,(H,17,18). The summed E-state index contributed by atoms with van der Waals surface area (Å²) in [7, 11) is 0. The van der Waals surface area contributed by atoms with Gasteiger partial charge in [-0.2, -0.15) is 0 Å². The summed E-state index contributed by atoms with van der Waals surface area (Å²) in [6.07, 6.45) is 5.29. The van der Waals surface area contributed by atoms with E-state index in [1.54, 1.807) is 0 Å². The number of hydrogen-bond donors (Lipinski definition) is 1. The Kier molecular flexibility index (Phi) is 4.51. The van der Waals surface area contributed by atoms with E-state index in [4.69, 9.17) is 9.84 Å². The number of rotatable bonds is 5. The lowest BCUT2D eigenvalue weighted by molar-refractivity contribution is -0.171. The molecule has 2 atom stereocenters. The first-order valence-electron chi connectivity index (χ1n) is 7.49. The van der Waals surface area contributed by atoms with Gasteiger partial charge in [-0.25, -0.2) is 4.79 Å². The number of ether oxygens (including phenoxy) is 1. The molecule has 1 heterocycles. The van der Waals surface area contributed by atoms with Crippen molar-refractivity contribution in [1.82, 2.24) is 4.90 Å². The zero-order valence-corrected chi connectivity index (χ0v) is 12.4. The predicted octanol–water partition coefficient (Wildman–Crippen LogP) is 2.38. The van der Waals surface area contributed by atoms with Gasteiger partial charge >= 0.3 is 5.97 Å². The summed E-state index contributed by atoms with van der Waals surface area (Å²) in [5, 5.41) is 8.67. The van der Waals surface area contributed by atoms with E-state index in [0.29, 0.717) is 6.04 Å². The third-order valence-electron chi connectivity index (χ3n) is 4.77. The molecular formula is C15H27NO3. The van der Waals surface area contributed by atoms with Crippen molar-refractivity contribution in [3.8, 4) is 0 Å². The second kappa shape index (κ2) is 5.80. The number of aliphatic carboxylic acids is 1. The van der Waals surface area contributed by atoms with Crippen LogP contribution in [0.3, 0.4) is 0 Å². The van der Waals surface area contributed by atoms with Crippen molar-refractivity contribution in [2.45, 2.75) is 58.1 Å². The minimum Gasteiger partial charge on any atom is -0.480 e. The molecule has 1 N–H and O–H groups in total. The molecule has 0 aromatic rings. The zero-order valence-electron chi connectivity index (χ0n) is 12.4. The highest BCUT2D eigenvalue weighted by Crippen LogP contribution is 2.37. The SMILES string of the molecule is CC(C)C1CCCC(N2CC(C)(OCC(=O)O)C2)C1. The Bertz CT molecular complexity index is 323. The van der Waals surface area contributed by atoms with Crippen molar-refractivity contribution in [3.05, 3.63) is 0 Å². The van der Waals surface area contributed by atoms with Crippen LogP contribution in [0.2, 0.25) is 0 Å². The summed E-state index contributed by atoms with van der Waals surface area (Å²) in [5.41, 5.74) is -0.247. The molecule has 1 saturated heterocycles. The lowest BCUT2D eigenvalue weighted by Crippen LogP contribution is -2.65. The highest BCUT2D eigenvalue weighted by Gasteiger charge is 2.44. The van der Waals surface area contributed by atoms with Gasteiger partial charge in [-0.3, -0.25) is 4.90 Å². The fourth-order valence-corrected chi connectivity index (χ4v) is 3.54. The van der Waals surface area contributed by atoms with Crippen LogP contribution in [0.25, 0.3) is 0 Å². The van der Waals surface area contributed by atoms with Crippen molar-refractivity contribution in [1.29, 1.82) is 0 Å². The highest BCUT2D eigenvalue weighted by atomic mass is 16.5. The van der Waals surface area contributed by atoms with Gasteiger partial charge in [0.2, 0.25) is 0 Å². The van der Waals surface area contributed by atoms with Crippen LogP contribution in [-0.4, -0.2) is 47.3 Å². The third-order valence-corrected chi connectivity index (χ3v) is 4.77. The molecule has 2 rings (SSSR count). The van der Waals surface area contributed by atoms with E-state index in [1.165, 1.54) is 25.7 Å². The number of nitrogens with zero attached hydrogens (tertiary/aromatic N) is 1. The van der Waals surface area contributed by atoms with Crippen LogP contribution in [0.1, 0.15) is 46.5 Å². The maximum Gasteiger partial charge on any atom is 0.329 e. The zero-order chi connectivity index (χ0) is 14.0. The lowest BCUT2D eigenvalue weighted by atomic mass is 9.77. The van der Waals surface area contributed by atoms with Crippen molar-refractivity contribution >= 4 is 5.97 Å². The van der Waals surface area contributed by atoms with Gasteiger partial charge in [-0.15, -0.1) is 0 Å². The van der Waals surface area contributed by atoms with Crippen molar-refractivity contribution < 1.29 is 14.6 Å². The summed E-state index contributed by atoms with van der Waals surface area (Å²) < 4.78 is 5.48. The Labute approximate surface area is 116 Å². The average molecular weight is 269 g/mol. The molecule has 0 spiro atoms. The molecule has 1 saturated carbocycles. The second-order valence-electron chi connectivity index (χ2n) is 6.86. The summed E-state index contributed by atoms with van der Waals surface area (Å²) in [4.78, 5) is 13.0. The summed E-state index contributed by atoms with van der Waals surface area (Å²) in [5.74, 6) is 0.751. The van der Waals surface area contributed by atoms with E-state index < -0.39 is 5.97 Å². The van der Waals surface area contributed by atoms with Crippen LogP contribution < -0.4 is 0 Å². The molecule has 1 aliphatic heterocycles. The van der Waals surface area contributed by atoms with E-state index in [2.05, 4.69) is 18.7 Å². The molecule has 4 heteroatoms. The molecule has 1 aliphatic carbocycles. The first kappa shape index (κ1) is 14.8. The van der Waals surface area contributed by atoms with E-state index in [1.807, 2.05) is 6.92 Å². The lowest BCUT2D eigenvalue weighted by Gasteiger charge is -2.52. The molecule has 110 valence electrons. The largest absolute Gasteiger partial charge is 0.480 e. The molecule has 4 nitrogen and oxygen atoms in total. The Morgan fingerprint density at radius 3 is 2.68 bits per heavy atom. The molecule has 2 fully saturated rings. The maximum absolute atomic E-state index is 10.5. The van der Waals surface area contributed by atoms with Crippen LogP contribution in [0.15, 0.2) is 0 Å². The summed E-state index contributed by atoms with van der Waals surface area (Å²) in [6.45, 7) is 8.26. The van der Waals surface area contributed by atoms with E-state index in [-0.39, 0.29) is 12.2 Å². The van der Waals surface area contributed by atoms with Gasteiger partial charge in [0, 0.05) is 19.1 Å². The molecule has 2 aliphatic rings. The average Bonchev–Trinajstić information content (AvgIpc) is 2.33. The fourth-order valence-electron chi connectivity index (χ4n) is 3.54. The number of carbonyl (C=O) groups is 1. The minimum absolute atomic E-state index is 0.177.